The van der Waals surface area contributed by atoms with E-state index in [9.17, 15) is 24.5 Å². The van der Waals surface area contributed by atoms with Crippen molar-refractivity contribution in [2.45, 2.75) is 18.4 Å². The van der Waals surface area contributed by atoms with Crippen molar-refractivity contribution in [3.8, 4) is 0 Å². The average Bonchev–Trinajstić information content (AvgIpc) is 2.96. The van der Waals surface area contributed by atoms with Gasteiger partial charge < -0.3 is 4.74 Å². The Kier molecular flexibility index (Phi) is 5.68. The van der Waals surface area contributed by atoms with Gasteiger partial charge in [0.25, 0.3) is 5.69 Å². The van der Waals surface area contributed by atoms with Gasteiger partial charge in [0, 0.05) is 12.1 Å². The summed E-state index contributed by atoms with van der Waals surface area (Å²) >= 11 is 2.44. The Labute approximate surface area is 161 Å². The fourth-order valence-electron chi connectivity index (χ4n) is 2.42. The second-order valence-corrected chi connectivity index (χ2v) is 7.96. The highest BCUT2D eigenvalue weighted by Gasteiger charge is 2.49. The monoisotopic (exact) mass is 410 g/mol. The molecule has 0 unspecified atom stereocenters. The summed E-state index contributed by atoms with van der Waals surface area (Å²) in [6.07, 6.45) is 0.316. The molecule has 1 saturated heterocycles. The average molecular weight is 410 g/mol. The van der Waals surface area contributed by atoms with Gasteiger partial charge in [0.05, 0.1) is 26.7 Å². The Bertz CT molecular complexity index is 841. The van der Waals surface area contributed by atoms with E-state index < -0.39 is 16.8 Å². The lowest BCUT2D eigenvalue weighted by atomic mass is 10.2. The van der Waals surface area contributed by atoms with Crippen molar-refractivity contribution in [3.05, 3.63) is 49.9 Å². The number of benzene rings is 1. The molecule has 1 aromatic rings. The molecule has 27 heavy (non-hydrogen) atoms. The van der Waals surface area contributed by atoms with Crippen LogP contribution in [-0.2, 0) is 25.7 Å². The lowest BCUT2D eigenvalue weighted by molar-refractivity contribution is -0.384. The second kappa shape index (κ2) is 7.98. The van der Waals surface area contributed by atoms with Crippen molar-refractivity contribution in [3.63, 3.8) is 0 Å². The van der Waals surface area contributed by atoms with Crippen molar-refractivity contribution < 1.29 is 24.0 Å². The molecule has 3 rings (SSSR count). The quantitative estimate of drug-likeness (QED) is 0.167. The predicted octanol–water partition coefficient (Wildman–Crippen LogP) is 0.835. The molecule has 0 spiro atoms. The van der Waals surface area contributed by atoms with Crippen LogP contribution in [0.4, 0.5) is 5.69 Å². The summed E-state index contributed by atoms with van der Waals surface area (Å²) in [6, 6.07) is 5.61. The van der Waals surface area contributed by atoms with Gasteiger partial charge in [-0.3, -0.25) is 30.0 Å². The number of nitro groups is 1. The van der Waals surface area contributed by atoms with Gasteiger partial charge >= 0.3 is 5.97 Å². The van der Waals surface area contributed by atoms with Crippen LogP contribution < -0.4 is 11.3 Å². The highest BCUT2D eigenvalue weighted by atomic mass is 32.2. The van der Waals surface area contributed by atoms with Gasteiger partial charge in [0.2, 0.25) is 11.8 Å². The molecule has 2 aliphatic rings. The van der Waals surface area contributed by atoms with Crippen LogP contribution in [0.15, 0.2) is 34.2 Å². The van der Waals surface area contributed by atoms with Crippen molar-refractivity contribution in [1.82, 2.24) is 10.3 Å². The Hall–Kier alpha value is -2.57. The zero-order valence-electron chi connectivity index (χ0n) is 13.7. The largest absolute Gasteiger partial charge is 0.456 e. The summed E-state index contributed by atoms with van der Waals surface area (Å²) in [5.74, 6) is 3.77. The summed E-state index contributed by atoms with van der Waals surface area (Å²) in [4.78, 5) is 47.2. The summed E-state index contributed by atoms with van der Waals surface area (Å²) in [6.45, 7) is -0.0983. The number of esters is 1. The first-order chi connectivity index (χ1) is 12.9. The molecule has 1 aromatic carbocycles. The number of hydrazine groups is 1. The SMILES string of the molecule is NNC(=O)CSC1=C(C(=O)OCc2ccc([N+](=O)[O-])cc2)N2C(=O)C[C@H]2S1. The number of β-lactam (4-membered cyclic amide) rings is 1. The van der Waals surface area contributed by atoms with E-state index in [1.54, 1.807) is 0 Å². The molecule has 10 nitrogen and oxygen atoms in total. The molecule has 0 saturated carbocycles. The minimum Gasteiger partial charge on any atom is -0.456 e. The number of hydrogen-bond acceptors (Lipinski definition) is 9. The van der Waals surface area contributed by atoms with Gasteiger partial charge in [0.1, 0.15) is 6.61 Å². The summed E-state index contributed by atoms with van der Waals surface area (Å²) in [5, 5.41) is 10.5. The molecule has 2 heterocycles. The molecule has 0 aliphatic carbocycles. The third-order valence-corrected chi connectivity index (χ3v) is 6.35. The van der Waals surface area contributed by atoms with E-state index in [2.05, 4.69) is 0 Å². The third-order valence-electron chi connectivity index (χ3n) is 3.79. The molecule has 0 aromatic heterocycles. The first-order valence-electron chi connectivity index (χ1n) is 7.66. The van der Waals surface area contributed by atoms with E-state index in [0.29, 0.717) is 16.2 Å². The molecule has 2 amide bonds. The van der Waals surface area contributed by atoms with Gasteiger partial charge in [-0.1, -0.05) is 11.8 Å². The fraction of sp³-hybridized carbons (Fsp3) is 0.267. The zero-order chi connectivity index (χ0) is 19.6. The molecular weight excluding hydrogens is 396 g/mol. The molecule has 0 radical (unpaired) electrons. The van der Waals surface area contributed by atoms with Gasteiger partial charge in [-0.05, 0) is 17.7 Å². The molecule has 0 bridgehead atoms. The fourth-order valence-corrected chi connectivity index (χ4v) is 4.96. The van der Waals surface area contributed by atoms with Crippen LogP contribution in [0.2, 0.25) is 0 Å². The second-order valence-electron chi connectivity index (χ2n) is 5.53. The number of amides is 2. The van der Waals surface area contributed by atoms with Crippen molar-refractivity contribution in [2.75, 3.05) is 5.75 Å². The van der Waals surface area contributed by atoms with E-state index in [4.69, 9.17) is 10.6 Å². The third kappa shape index (κ3) is 4.07. The lowest BCUT2D eigenvalue weighted by Crippen LogP contribution is -2.48. The van der Waals surface area contributed by atoms with Crippen LogP contribution in [0.3, 0.4) is 0 Å². The molecule has 1 atom stereocenters. The normalized spacial score (nSPS) is 18.0. The van der Waals surface area contributed by atoms with E-state index >= 15 is 0 Å². The maximum absolute atomic E-state index is 12.5. The Morgan fingerprint density at radius 2 is 2.11 bits per heavy atom. The number of rotatable bonds is 7. The Morgan fingerprint density at radius 1 is 1.41 bits per heavy atom. The summed E-state index contributed by atoms with van der Waals surface area (Å²) in [7, 11) is 0. The summed E-state index contributed by atoms with van der Waals surface area (Å²) < 4.78 is 5.79. The highest BCUT2D eigenvalue weighted by Crippen LogP contribution is 2.50. The summed E-state index contributed by atoms with van der Waals surface area (Å²) in [5.41, 5.74) is 2.63. The topological polar surface area (TPSA) is 145 Å². The number of non-ortho nitro benzene ring substituents is 1. The van der Waals surface area contributed by atoms with Crippen LogP contribution in [0.5, 0.6) is 0 Å². The number of nitrogens with two attached hydrogens (primary N) is 1. The van der Waals surface area contributed by atoms with Crippen molar-refractivity contribution in [2.24, 2.45) is 5.84 Å². The van der Waals surface area contributed by atoms with Crippen LogP contribution in [0, 0.1) is 10.1 Å². The number of nitrogens with one attached hydrogen (secondary N) is 1. The first kappa shape index (κ1) is 19.2. The highest BCUT2D eigenvalue weighted by molar-refractivity contribution is 8.23. The smallest absolute Gasteiger partial charge is 0.357 e. The lowest BCUT2D eigenvalue weighted by Gasteiger charge is -2.34. The molecule has 1 fully saturated rings. The molecule has 142 valence electrons. The van der Waals surface area contributed by atoms with Gasteiger partial charge in [-0.15, -0.1) is 11.8 Å². The number of thioether (sulfide) groups is 2. The van der Waals surface area contributed by atoms with Crippen LogP contribution in [0.1, 0.15) is 12.0 Å². The molecule has 2 aliphatic heterocycles. The molecule has 12 heteroatoms. The van der Waals surface area contributed by atoms with Crippen LogP contribution in [-0.4, -0.2) is 38.7 Å². The van der Waals surface area contributed by atoms with Crippen molar-refractivity contribution in [1.29, 1.82) is 0 Å². The van der Waals surface area contributed by atoms with Crippen molar-refractivity contribution >= 4 is 47.0 Å². The van der Waals surface area contributed by atoms with Gasteiger partial charge in [0.15, 0.2) is 5.70 Å². The van der Waals surface area contributed by atoms with Crippen LogP contribution >= 0.6 is 23.5 Å². The van der Waals surface area contributed by atoms with Gasteiger partial charge in [-0.2, -0.15) is 0 Å². The van der Waals surface area contributed by atoms with E-state index in [0.717, 1.165) is 11.8 Å². The minimum atomic E-state index is -0.688. The van der Waals surface area contributed by atoms with Crippen LogP contribution in [0.25, 0.3) is 0 Å². The molecular formula is C15H14N4O6S2. The predicted molar refractivity (Wildman–Crippen MR) is 97.5 cm³/mol. The number of nitro benzene ring substituents is 1. The van der Waals surface area contributed by atoms with E-state index in [-0.39, 0.29) is 35.0 Å². The number of ether oxygens (including phenoxy) is 1. The standard InChI is InChI=1S/C15H14N4O6S2/c16-17-10(20)7-26-15-13(18-11(21)5-12(18)27-15)14(22)25-6-8-1-3-9(4-2-8)19(23)24/h1-4,12H,5-7,16H2,(H,17,20)/t12-/m1/s1. The zero-order valence-corrected chi connectivity index (χ0v) is 15.4. The maximum atomic E-state index is 12.5. The first-order valence-corrected chi connectivity index (χ1v) is 9.53. The Balaban J connectivity index is 1.68. The van der Waals surface area contributed by atoms with Gasteiger partial charge in [-0.25, -0.2) is 10.6 Å². The Morgan fingerprint density at radius 3 is 2.70 bits per heavy atom. The number of hydrogen-bond donors (Lipinski definition) is 2. The number of nitrogens with zero attached hydrogens (tertiary/aromatic N) is 2. The maximum Gasteiger partial charge on any atom is 0.357 e. The minimum absolute atomic E-state index is 0.00666. The van der Waals surface area contributed by atoms with E-state index in [1.165, 1.54) is 40.9 Å². The number of carbonyl (C=O) groups excluding carboxylic acids is 3. The molecule has 3 N–H and O–H groups in total. The van der Waals surface area contributed by atoms with E-state index in [1.807, 2.05) is 5.43 Å². The number of fused-ring (bicyclic) bond motifs is 1. The number of carbonyl (C=O) groups is 3.